The smallest absolute Gasteiger partial charge is 0.195 e. The molecule has 3 aromatic rings. The van der Waals surface area contributed by atoms with Crippen LogP contribution in [0.15, 0.2) is 40.8 Å². The summed E-state index contributed by atoms with van der Waals surface area (Å²) in [5.41, 5.74) is 4.36. The van der Waals surface area contributed by atoms with Crippen LogP contribution >= 0.6 is 0 Å². The fraction of sp³-hybridized carbons (Fsp3) is 0.500. The summed E-state index contributed by atoms with van der Waals surface area (Å²) in [6.07, 6.45) is 7.10. The van der Waals surface area contributed by atoms with Gasteiger partial charge in [0, 0.05) is 13.0 Å². The summed E-state index contributed by atoms with van der Waals surface area (Å²) < 4.78 is 17.9. The van der Waals surface area contributed by atoms with E-state index in [0.717, 1.165) is 67.3 Å². The highest BCUT2D eigenvalue weighted by atomic mass is 16.5. The van der Waals surface area contributed by atoms with Crippen molar-refractivity contribution in [3.05, 3.63) is 53.4 Å². The van der Waals surface area contributed by atoms with Gasteiger partial charge in [0.05, 0.1) is 13.2 Å². The van der Waals surface area contributed by atoms with Crippen LogP contribution in [0, 0.1) is 12.8 Å². The molecule has 31 heavy (non-hydrogen) atoms. The van der Waals surface area contributed by atoms with Crippen molar-refractivity contribution in [2.75, 3.05) is 20.2 Å². The number of para-hydroxylation sites is 1. The lowest BCUT2D eigenvalue weighted by molar-refractivity contribution is 0.200. The molecule has 5 heteroatoms. The van der Waals surface area contributed by atoms with Gasteiger partial charge in [-0.05, 0) is 86.7 Å². The monoisotopic (exact) mass is 420 g/mol. The molecule has 0 spiro atoms. The number of hydrogen-bond acceptors (Lipinski definition) is 5. The fourth-order valence-electron chi connectivity index (χ4n) is 5.13. The number of aryl methyl sites for hydroxylation is 1. The molecule has 0 radical (unpaired) electrons. The van der Waals surface area contributed by atoms with E-state index in [1.54, 1.807) is 7.11 Å². The summed E-state index contributed by atoms with van der Waals surface area (Å²) in [6, 6.07) is 12.6. The maximum absolute atomic E-state index is 6.33. The standard InChI is InChI=1S/C26H32N2O3/c1-17-6-5-9-23-26(17)28-25(31-23)13-18-12-20(16-27-15-18)19-10-11-22(29-2)24(14-19)30-21-7-3-4-8-21/h5-6,9-11,14,18,20-21,27H,3-4,7-8,12-13,15-16H2,1-2H3/t18-,20+/m0/s1. The summed E-state index contributed by atoms with van der Waals surface area (Å²) in [6.45, 7) is 4.07. The average Bonchev–Trinajstić information content (AvgIpc) is 3.44. The Morgan fingerprint density at radius 3 is 2.77 bits per heavy atom. The number of aromatic nitrogens is 1. The van der Waals surface area contributed by atoms with E-state index in [-0.39, 0.29) is 0 Å². The summed E-state index contributed by atoms with van der Waals surface area (Å²) in [5, 5.41) is 3.63. The highest BCUT2D eigenvalue weighted by Crippen LogP contribution is 2.37. The molecule has 2 fully saturated rings. The van der Waals surface area contributed by atoms with E-state index >= 15 is 0 Å². The first-order valence-electron chi connectivity index (χ1n) is 11.6. The molecule has 1 aromatic heterocycles. The van der Waals surface area contributed by atoms with Gasteiger partial charge in [-0.3, -0.25) is 0 Å². The summed E-state index contributed by atoms with van der Waals surface area (Å²) in [4.78, 5) is 4.77. The van der Waals surface area contributed by atoms with Crippen molar-refractivity contribution >= 4 is 11.1 Å². The second-order valence-corrected chi connectivity index (χ2v) is 9.12. The molecule has 1 aliphatic carbocycles. The lowest BCUT2D eigenvalue weighted by Crippen LogP contribution is -2.36. The number of nitrogens with zero attached hydrogens (tertiary/aromatic N) is 1. The van der Waals surface area contributed by atoms with Crippen LogP contribution in [0.3, 0.4) is 0 Å². The molecule has 5 rings (SSSR count). The molecule has 2 aliphatic rings. The lowest BCUT2D eigenvalue weighted by Gasteiger charge is -2.30. The Hall–Kier alpha value is -2.53. The zero-order valence-corrected chi connectivity index (χ0v) is 18.5. The molecule has 1 aliphatic heterocycles. The van der Waals surface area contributed by atoms with Crippen LogP contribution in [0.25, 0.3) is 11.1 Å². The second kappa shape index (κ2) is 8.91. The zero-order valence-electron chi connectivity index (χ0n) is 18.5. The lowest BCUT2D eigenvalue weighted by atomic mass is 9.84. The minimum atomic E-state index is 0.323. The van der Waals surface area contributed by atoms with Crippen LogP contribution in [-0.2, 0) is 6.42 Å². The molecule has 1 saturated carbocycles. The Morgan fingerprint density at radius 1 is 1.10 bits per heavy atom. The number of ether oxygens (including phenoxy) is 2. The van der Waals surface area contributed by atoms with Gasteiger partial charge in [-0.2, -0.15) is 0 Å². The van der Waals surface area contributed by atoms with Gasteiger partial charge < -0.3 is 19.2 Å². The normalized spacial score (nSPS) is 22.1. The largest absolute Gasteiger partial charge is 0.493 e. The first kappa shape index (κ1) is 20.4. The van der Waals surface area contributed by atoms with Gasteiger partial charge >= 0.3 is 0 Å². The van der Waals surface area contributed by atoms with Crippen molar-refractivity contribution in [1.29, 1.82) is 0 Å². The molecule has 1 N–H and O–H groups in total. The van der Waals surface area contributed by atoms with E-state index in [9.17, 15) is 0 Å². The Morgan fingerprint density at radius 2 is 1.97 bits per heavy atom. The Balaban J connectivity index is 1.30. The maximum Gasteiger partial charge on any atom is 0.195 e. The molecular weight excluding hydrogens is 388 g/mol. The van der Waals surface area contributed by atoms with Crippen molar-refractivity contribution in [2.45, 2.75) is 57.5 Å². The van der Waals surface area contributed by atoms with Crippen molar-refractivity contribution in [3.63, 3.8) is 0 Å². The van der Waals surface area contributed by atoms with Gasteiger partial charge in [-0.25, -0.2) is 4.98 Å². The van der Waals surface area contributed by atoms with Crippen LogP contribution in [0.2, 0.25) is 0 Å². The van der Waals surface area contributed by atoms with Crippen LogP contribution in [0.4, 0.5) is 0 Å². The highest BCUT2D eigenvalue weighted by molar-refractivity contribution is 5.76. The van der Waals surface area contributed by atoms with Crippen molar-refractivity contribution in [2.24, 2.45) is 5.92 Å². The molecule has 164 valence electrons. The van der Waals surface area contributed by atoms with Crippen molar-refractivity contribution in [1.82, 2.24) is 10.3 Å². The van der Waals surface area contributed by atoms with Gasteiger partial charge in [0.2, 0.25) is 0 Å². The number of rotatable bonds is 6. The average molecular weight is 421 g/mol. The third-order valence-corrected chi connectivity index (χ3v) is 6.82. The van der Waals surface area contributed by atoms with Gasteiger partial charge in [0.25, 0.3) is 0 Å². The number of fused-ring (bicyclic) bond motifs is 1. The summed E-state index contributed by atoms with van der Waals surface area (Å²) in [5.74, 6) is 3.51. The molecule has 2 atom stereocenters. The maximum atomic E-state index is 6.33. The molecule has 5 nitrogen and oxygen atoms in total. The number of piperidine rings is 1. The number of methoxy groups -OCH3 is 1. The zero-order chi connectivity index (χ0) is 21.2. The third kappa shape index (κ3) is 4.42. The van der Waals surface area contributed by atoms with E-state index in [4.69, 9.17) is 18.9 Å². The predicted octanol–water partition coefficient (Wildman–Crippen LogP) is 5.40. The highest BCUT2D eigenvalue weighted by Gasteiger charge is 2.26. The summed E-state index contributed by atoms with van der Waals surface area (Å²) >= 11 is 0. The van der Waals surface area contributed by atoms with Crippen LogP contribution in [-0.4, -0.2) is 31.3 Å². The Kier molecular flexibility index (Phi) is 5.86. The van der Waals surface area contributed by atoms with Crippen LogP contribution < -0.4 is 14.8 Å². The summed E-state index contributed by atoms with van der Waals surface area (Å²) in [7, 11) is 1.72. The molecule has 1 saturated heterocycles. The van der Waals surface area contributed by atoms with Crippen LogP contribution in [0.1, 0.15) is 55.0 Å². The van der Waals surface area contributed by atoms with E-state index < -0.39 is 0 Å². The topological polar surface area (TPSA) is 56.5 Å². The third-order valence-electron chi connectivity index (χ3n) is 6.82. The van der Waals surface area contributed by atoms with E-state index in [0.29, 0.717) is 17.9 Å². The minimum Gasteiger partial charge on any atom is -0.493 e. The molecule has 0 amide bonds. The van der Waals surface area contributed by atoms with Crippen molar-refractivity contribution in [3.8, 4) is 11.5 Å². The van der Waals surface area contributed by atoms with Gasteiger partial charge in [-0.1, -0.05) is 18.2 Å². The van der Waals surface area contributed by atoms with Gasteiger partial charge in [-0.15, -0.1) is 0 Å². The molecule has 0 bridgehead atoms. The molecular formula is C26H32N2O3. The van der Waals surface area contributed by atoms with E-state index in [1.807, 2.05) is 12.1 Å². The SMILES string of the molecule is COc1ccc([C@H]2CNC[C@H](Cc3nc4c(C)cccc4o3)C2)cc1OC1CCCC1. The van der Waals surface area contributed by atoms with E-state index in [2.05, 4.69) is 36.5 Å². The number of benzene rings is 2. The first-order chi connectivity index (χ1) is 15.2. The first-order valence-corrected chi connectivity index (χ1v) is 11.6. The predicted molar refractivity (Wildman–Crippen MR) is 122 cm³/mol. The molecule has 0 unspecified atom stereocenters. The fourth-order valence-corrected chi connectivity index (χ4v) is 5.13. The number of hydrogen-bond donors (Lipinski definition) is 1. The minimum absolute atomic E-state index is 0.323. The number of oxazole rings is 1. The molecule has 2 heterocycles. The number of nitrogens with one attached hydrogen (secondary N) is 1. The van der Waals surface area contributed by atoms with Gasteiger partial charge in [0.1, 0.15) is 5.52 Å². The quantitative estimate of drug-likeness (QED) is 0.578. The molecule has 2 aromatic carbocycles. The Bertz CT molecular complexity index is 1040. The van der Waals surface area contributed by atoms with Crippen molar-refractivity contribution < 1.29 is 13.9 Å². The van der Waals surface area contributed by atoms with E-state index in [1.165, 1.54) is 24.0 Å². The van der Waals surface area contributed by atoms with Gasteiger partial charge in [0.15, 0.2) is 23.0 Å². The Labute approximate surface area is 184 Å². The second-order valence-electron chi connectivity index (χ2n) is 9.12. The van der Waals surface area contributed by atoms with Crippen LogP contribution in [0.5, 0.6) is 11.5 Å².